The highest BCUT2D eigenvalue weighted by atomic mass is 32.1. The molecule has 1 aromatic rings. The van der Waals surface area contributed by atoms with Gasteiger partial charge < -0.3 is 0 Å². The average molecular weight is 286 g/mol. The predicted octanol–water partition coefficient (Wildman–Crippen LogP) is 5.40. The fourth-order valence-corrected chi connectivity index (χ4v) is 4.69. The monoisotopic (exact) mass is 286 g/mol. The molecule has 2 unspecified atom stereocenters. The van der Waals surface area contributed by atoms with Crippen LogP contribution in [0.2, 0.25) is 0 Å². The zero-order valence-corrected chi connectivity index (χ0v) is 13.6. The Bertz CT molecular complexity index is 514. The summed E-state index contributed by atoms with van der Waals surface area (Å²) in [5, 5.41) is 0. The lowest BCUT2D eigenvalue weighted by Crippen LogP contribution is -2.16. The number of allylic oxidation sites excluding steroid dienone is 2. The minimum absolute atomic E-state index is 0.639. The van der Waals surface area contributed by atoms with E-state index in [0.717, 1.165) is 17.6 Å². The second kappa shape index (κ2) is 5.97. The summed E-state index contributed by atoms with van der Waals surface area (Å²) in [4.78, 5) is 0. The fraction of sp³-hybridized carbons (Fsp3) is 0.579. The second-order valence-corrected chi connectivity index (χ2v) is 7.21. The van der Waals surface area contributed by atoms with Crippen LogP contribution >= 0.6 is 12.6 Å². The molecule has 0 aliphatic heterocycles. The van der Waals surface area contributed by atoms with E-state index in [9.17, 15) is 0 Å². The summed E-state index contributed by atoms with van der Waals surface area (Å²) in [7, 11) is 0. The third-order valence-electron chi connectivity index (χ3n) is 5.26. The van der Waals surface area contributed by atoms with E-state index in [1.54, 1.807) is 22.3 Å². The van der Waals surface area contributed by atoms with Gasteiger partial charge >= 0.3 is 0 Å². The summed E-state index contributed by atoms with van der Waals surface area (Å²) < 4.78 is 0. The van der Waals surface area contributed by atoms with Gasteiger partial charge in [0.2, 0.25) is 0 Å². The highest BCUT2D eigenvalue weighted by molar-refractivity contribution is 7.80. The van der Waals surface area contributed by atoms with Crippen LogP contribution in [-0.2, 0) is 6.42 Å². The van der Waals surface area contributed by atoms with Gasteiger partial charge in [0.15, 0.2) is 0 Å². The first-order valence-corrected chi connectivity index (χ1v) is 8.74. The molecule has 3 rings (SSSR count). The quantitative estimate of drug-likeness (QED) is 0.546. The molecule has 0 radical (unpaired) electrons. The molecule has 1 fully saturated rings. The molecule has 0 N–H and O–H groups in total. The van der Waals surface area contributed by atoms with Crippen LogP contribution in [-0.4, -0.2) is 5.75 Å². The molecule has 0 saturated heterocycles. The molecular formula is C19H26S. The zero-order chi connectivity index (χ0) is 14.1. The van der Waals surface area contributed by atoms with Crippen LogP contribution in [0, 0.1) is 11.8 Å². The highest BCUT2D eigenvalue weighted by Crippen LogP contribution is 2.46. The summed E-state index contributed by atoms with van der Waals surface area (Å²) in [6.07, 6.45) is 6.43. The van der Waals surface area contributed by atoms with Crippen molar-refractivity contribution in [2.24, 2.45) is 11.8 Å². The highest BCUT2D eigenvalue weighted by Gasteiger charge is 2.31. The molecule has 0 nitrogen and oxygen atoms in total. The maximum absolute atomic E-state index is 4.52. The van der Waals surface area contributed by atoms with E-state index in [1.165, 1.54) is 32.1 Å². The SMILES string of the molecule is CC1C/C(=C2\CCc3ccccc3C2CCS)[C@@H](C)C1. The summed E-state index contributed by atoms with van der Waals surface area (Å²) >= 11 is 4.52. The van der Waals surface area contributed by atoms with Crippen molar-refractivity contribution in [2.75, 3.05) is 5.75 Å². The molecular weight excluding hydrogens is 260 g/mol. The van der Waals surface area contributed by atoms with Crippen LogP contribution in [0.15, 0.2) is 35.4 Å². The predicted molar refractivity (Wildman–Crippen MR) is 90.6 cm³/mol. The molecule has 0 amide bonds. The summed E-state index contributed by atoms with van der Waals surface area (Å²) in [6.45, 7) is 4.85. The molecule has 0 heterocycles. The number of rotatable bonds is 2. The van der Waals surface area contributed by atoms with Gasteiger partial charge in [-0.1, -0.05) is 49.3 Å². The first-order valence-electron chi connectivity index (χ1n) is 8.11. The van der Waals surface area contributed by atoms with Crippen molar-refractivity contribution >= 4 is 12.6 Å². The summed E-state index contributed by atoms with van der Waals surface area (Å²) in [5.41, 5.74) is 6.72. The van der Waals surface area contributed by atoms with Crippen molar-refractivity contribution in [2.45, 2.75) is 51.9 Å². The first-order chi connectivity index (χ1) is 9.70. The van der Waals surface area contributed by atoms with Gasteiger partial charge in [-0.2, -0.15) is 12.6 Å². The lowest BCUT2D eigenvalue weighted by molar-refractivity contribution is 0.562. The van der Waals surface area contributed by atoms with Crippen LogP contribution in [0.25, 0.3) is 0 Å². The second-order valence-electron chi connectivity index (χ2n) is 6.76. The Hall–Kier alpha value is -0.690. The average Bonchev–Trinajstić information content (AvgIpc) is 2.78. The zero-order valence-electron chi connectivity index (χ0n) is 12.7. The summed E-state index contributed by atoms with van der Waals surface area (Å²) in [5.74, 6) is 3.30. The largest absolute Gasteiger partial charge is 0.179 e. The first kappa shape index (κ1) is 14.3. The van der Waals surface area contributed by atoms with Crippen molar-refractivity contribution in [1.29, 1.82) is 0 Å². The van der Waals surface area contributed by atoms with Crippen molar-refractivity contribution in [3.05, 3.63) is 46.5 Å². The van der Waals surface area contributed by atoms with Crippen molar-refractivity contribution in [3.8, 4) is 0 Å². The lowest BCUT2D eigenvalue weighted by atomic mass is 9.74. The Morgan fingerprint density at radius 3 is 2.60 bits per heavy atom. The van der Waals surface area contributed by atoms with Gasteiger partial charge in [0.25, 0.3) is 0 Å². The number of aryl methyl sites for hydroxylation is 1. The van der Waals surface area contributed by atoms with Gasteiger partial charge in [0.05, 0.1) is 0 Å². The summed E-state index contributed by atoms with van der Waals surface area (Å²) in [6, 6.07) is 9.07. The lowest BCUT2D eigenvalue weighted by Gasteiger charge is -2.31. The number of hydrogen-bond acceptors (Lipinski definition) is 1. The molecule has 0 bridgehead atoms. The Kier molecular flexibility index (Phi) is 4.26. The van der Waals surface area contributed by atoms with E-state index in [0.29, 0.717) is 5.92 Å². The van der Waals surface area contributed by atoms with Gasteiger partial charge in [-0.25, -0.2) is 0 Å². The third kappa shape index (κ3) is 2.57. The van der Waals surface area contributed by atoms with Crippen molar-refractivity contribution < 1.29 is 0 Å². The molecule has 108 valence electrons. The van der Waals surface area contributed by atoms with E-state index in [2.05, 4.69) is 50.7 Å². The third-order valence-corrected chi connectivity index (χ3v) is 5.52. The molecule has 2 aliphatic carbocycles. The Morgan fingerprint density at radius 2 is 1.90 bits per heavy atom. The van der Waals surface area contributed by atoms with E-state index >= 15 is 0 Å². The molecule has 2 aliphatic rings. The van der Waals surface area contributed by atoms with Gasteiger partial charge in [-0.3, -0.25) is 0 Å². The smallest absolute Gasteiger partial charge is 0.00615 e. The van der Waals surface area contributed by atoms with E-state index in [4.69, 9.17) is 0 Å². The minimum atomic E-state index is 0.639. The van der Waals surface area contributed by atoms with Gasteiger partial charge in [-0.15, -0.1) is 0 Å². The Labute approximate surface area is 129 Å². The normalized spacial score (nSPS) is 33.2. The Morgan fingerprint density at radius 1 is 1.10 bits per heavy atom. The number of thiol groups is 1. The topological polar surface area (TPSA) is 0 Å². The Balaban J connectivity index is 2.02. The van der Waals surface area contributed by atoms with Gasteiger partial charge in [0, 0.05) is 5.92 Å². The molecule has 0 aromatic heterocycles. The van der Waals surface area contributed by atoms with Gasteiger partial charge in [0.1, 0.15) is 0 Å². The molecule has 1 aromatic carbocycles. The van der Waals surface area contributed by atoms with E-state index in [-0.39, 0.29) is 0 Å². The van der Waals surface area contributed by atoms with Gasteiger partial charge in [-0.05, 0) is 60.8 Å². The van der Waals surface area contributed by atoms with Crippen LogP contribution in [0.4, 0.5) is 0 Å². The van der Waals surface area contributed by atoms with Crippen LogP contribution in [0.3, 0.4) is 0 Å². The van der Waals surface area contributed by atoms with E-state index in [1.807, 2.05) is 0 Å². The van der Waals surface area contributed by atoms with Crippen LogP contribution < -0.4 is 0 Å². The number of benzene rings is 1. The van der Waals surface area contributed by atoms with Crippen LogP contribution in [0.5, 0.6) is 0 Å². The maximum Gasteiger partial charge on any atom is 0.00615 e. The number of fused-ring (bicyclic) bond motifs is 1. The van der Waals surface area contributed by atoms with Crippen molar-refractivity contribution in [3.63, 3.8) is 0 Å². The number of hydrogen-bond donors (Lipinski definition) is 1. The van der Waals surface area contributed by atoms with Crippen LogP contribution in [0.1, 0.15) is 56.6 Å². The maximum atomic E-state index is 4.52. The molecule has 3 atom stereocenters. The molecule has 1 saturated carbocycles. The molecule has 1 heteroatoms. The molecule has 20 heavy (non-hydrogen) atoms. The minimum Gasteiger partial charge on any atom is -0.179 e. The van der Waals surface area contributed by atoms with E-state index < -0.39 is 0 Å². The fourth-order valence-electron chi connectivity index (χ4n) is 4.43. The standard InChI is InChI=1S/C19H26S/c1-13-11-14(2)19(12-13)17-8-7-15-5-3-4-6-16(15)18(17)9-10-20/h3-6,13-14,18,20H,7-12H2,1-2H3/b19-17-/t13?,14-,18?/m0/s1. The van der Waals surface area contributed by atoms with Crippen molar-refractivity contribution in [1.82, 2.24) is 0 Å². The molecule has 0 spiro atoms.